The van der Waals surface area contributed by atoms with Gasteiger partial charge in [-0.25, -0.2) is 0 Å². The number of nitrogens with two attached hydrogens (primary N) is 1. The van der Waals surface area contributed by atoms with Crippen molar-refractivity contribution in [3.63, 3.8) is 0 Å². The molecule has 2 saturated heterocycles. The van der Waals surface area contributed by atoms with Crippen molar-refractivity contribution in [2.75, 3.05) is 13.1 Å². The minimum Gasteiger partial charge on any atom is -0.360 e. The lowest BCUT2D eigenvalue weighted by Crippen LogP contribution is -2.41. The van der Waals surface area contributed by atoms with Crippen molar-refractivity contribution in [3.05, 3.63) is 12.2 Å². The fourth-order valence-electron chi connectivity index (χ4n) is 2.53. The van der Waals surface area contributed by atoms with E-state index in [9.17, 15) is 0 Å². The smallest absolute Gasteiger partial charge is 0.105 e. The van der Waals surface area contributed by atoms with Gasteiger partial charge in [0.15, 0.2) is 0 Å². The molecule has 3 rings (SSSR count). The summed E-state index contributed by atoms with van der Waals surface area (Å²) in [6.07, 6.45) is 4.49. The molecule has 3 heterocycles. The van der Waals surface area contributed by atoms with Crippen LogP contribution in [0.15, 0.2) is 12.2 Å². The van der Waals surface area contributed by atoms with Crippen LogP contribution < -0.4 is 11.1 Å². The zero-order valence-electron chi connectivity index (χ0n) is 6.29. The highest BCUT2D eigenvalue weighted by molar-refractivity contribution is 5.27. The first-order chi connectivity index (χ1) is 5.32. The fourth-order valence-corrected chi connectivity index (χ4v) is 2.53. The number of rotatable bonds is 0. The molecule has 1 spiro atoms. The molecule has 3 heteroatoms. The second kappa shape index (κ2) is 1.68. The molecule has 60 valence electrons. The Bertz CT molecular complexity index is 228. The molecular weight excluding hydrogens is 140 g/mol. The summed E-state index contributed by atoms with van der Waals surface area (Å²) in [7, 11) is 0. The van der Waals surface area contributed by atoms with Crippen molar-refractivity contribution in [1.29, 1.82) is 0 Å². The largest absolute Gasteiger partial charge is 0.360 e. The molecule has 0 saturated carbocycles. The Labute approximate surface area is 65.6 Å². The summed E-state index contributed by atoms with van der Waals surface area (Å²) >= 11 is 0. The zero-order valence-corrected chi connectivity index (χ0v) is 6.29. The van der Waals surface area contributed by atoms with Crippen molar-refractivity contribution in [1.82, 2.24) is 5.32 Å². The molecule has 3 aliphatic rings. The van der Waals surface area contributed by atoms with E-state index in [-0.39, 0.29) is 17.7 Å². The van der Waals surface area contributed by atoms with E-state index in [1.165, 1.54) is 0 Å². The Morgan fingerprint density at radius 2 is 2.55 bits per heavy atom. The number of hydrogen-bond acceptors (Lipinski definition) is 3. The number of fused-ring (bicyclic) bond motifs is 1. The molecule has 2 bridgehead atoms. The van der Waals surface area contributed by atoms with Gasteiger partial charge in [0.1, 0.15) is 5.60 Å². The van der Waals surface area contributed by atoms with Crippen LogP contribution in [-0.2, 0) is 4.74 Å². The molecule has 3 aliphatic heterocycles. The van der Waals surface area contributed by atoms with Crippen molar-refractivity contribution in [2.24, 2.45) is 11.7 Å². The van der Waals surface area contributed by atoms with Gasteiger partial charge in [-0.2, -0.15) is 0 Å². The van der Waals surface area contributed by atoms with E-state index in [1.54, 1.807) is 0 Å². The zero-order chi connectivity index (χ0) is 7.47. The highest BCUT2D eigenvalue weighted by atomic mass is 16.5. The van der Waals surface area contributed by atoms with Gasteiger partial charge in [0, 0.05) is 25.0 Å². The quantitative estimate of drug-likeness (QED) is 0.449. The normalized spacial score (nSPS) is 58.8. The summed E-state index contributed by atoms with van der Waals surface area (Å²) in [4.78, 5) is 0. The summed E-state index contributed by atoms with van der Waals surface area (Å²) in [6, 6.07) is 0.218. The number of ether oxygens (including phenoxy) is 1. The lowest BCUT2D eigenvalue weighted by Gasteiger charge is -2.23. The van der Waals surface area contributed by atoms with Crippen LogP contribution in [0.5, 0.6) is 0 Å². The Hall–Kier alpha value is -0.380. The Kier molecular flexibility index (Phi) is 0.943. The first-order valence-electron chi connectivity index (χ1n) is 4.15. The van der Waals surface area contributed by atoms with Crippen molar-refractivity contribution < 1.29 is 4.74 Å². The third-order valence-electron chi connectivity index (χ3n) is 3.16. The van der Waals surface area contributed by atoms with Gasteiger partial charge in [-0.05, 0) is 0 Å². The minimum atomic E-state index is -0.0237. The molecule has 3 nitrogen and oxygen atoms in total. The topological polar surface area (TPSA) is 47.3 Å². The number of hydrogen-bond donors (Lipinski definition) is 2. The molecular formula is C8H12N2O. The molecule has 0 aliphatic carbocycles. The molecule has 4 atom stereocenters. The van der Waals surface area contributed by atoms with Gasteiger partial charge in [-0.15, -0.1) is 0 Å². The monoisotopic (exact) mass is 152 g/mol. The maximum Gasteiger partial charge on any atom is 0.105 e. The standard InChI is InChI=1S/C8H12N2O/c9-7-5-3-10-4-8(5)2-1-6(7)11-8/h1-2,5-7,10H,3-4,9H2. The van der Waals surface area contributed by atoms with Crippen molar-refractivity contribution in [2.45, 2.75) is 17.7 Å². The summed E-state index contributed by atoms with van der Waals surface area (Å²) in [5, 5.41) is 3.32. The Morgan fingerprint density at radius 1 is 1.64 bits per heavy atom. The van der Waals surface area contributed by atoms with Crippen LogP contribution >= 0.6 is 0 Å². The van der Waals surface area contributed by atoms with Crippen LogP contribution in [-0.4, -0.2) is 30.8 Å². The van der Waals surface area contributed by atoms with Gasteiger partial charge >= 0.3 is 0 Å². The van der Waals surface area contributed by atoms with Gasteiger partial charge < -0.3 is 15.8 Å². The second-order valence-corrected chi connectivity index (χ2v) is 3.71. The highest BCUT2D eigenvalue weighted by Gasteiger charge is 2.57. The molecule has 2 fully saturated rings. The molecule has 0 aromatic rings. The van der Waals surface area contributed by atoms with Crippen LogP contribution in [0.1, 0.15) is 0 Å². The molecule has 0 aromatic carbocycles. The SMILES string of the molecule is NC1C2C=CC3(CNCC13)O2. The number of nitrogens with one attached hydrogen (secondary N) is 1. The third-order valence-corrected chi connectivity index (χ3v) is 3.16. The minimum absolute atomic E-state index is 0.0237. The van der Waals surface area contributed by atoms with Gasteiger partial charge in [0.25, 0.3) is 0 Å². The predicted octanol–water partition coefficient (Wildman–Crippen LogP) is -0.760. The molecule has 0 amide bonds. The summed E-state index contributed by atoms with van der Waals surface area (Å²) in [6.45, 7) is 1.96. The second-order valence-electron chi connectivity index (χ2n) is 3.71. The molecule has 0 aromatic heterocycles. The van der Waals surface area contributed by atoms with Crippen LogP contribution in [0, 0.1) is 5.92 Å². The molecule has 11 heavy (non-hydrogen) atoms. The van der Waals surface area contributed by atoms with Crippen LogP contribution in [0.25, 0.3) is 0 Å². The van der Waals surface area contributed by atoms with E-state index in [4.69, 9.17) is 10.5 Å². The lowest BCUT2D eigenvalue weighted by atomic mass is 9.83. The lowest BCUT2D eigenvalue weighted by molar-refractivity contribution is 0.0327. The van der Waals surface area contributed by atoms with Crippen LogP contribution in [0.4, 0.5) is 0 Å². The van der Waals surface area contributed by atoms with Crippen LogP contribution in [0.3, 0.4) is 0 Å². The van der Waals surface area contributed by atoms with Gasteiger partial charge in [0.05, 0.1) is 6.10 Å². The van der Waals surface area contributed by atoms with E-state index < -0.39 is 0 Å². The van der Waals surface area contributed by atoms with E-state index in [1.807, 2.05) is 0 Å². The van der Waals surface area contributed by atoms with Gasteiger partial charge in [-0.3, -0.25) is 0 Å². The van der Waals surface area contributed by atoms with Gasteiger partial charge in [-0.1, -0.05) is 12.2 Å². The third kappa shape index (κ3) is 0.559. The molecule has 3 N–H and O–H groups in total. The highest BCUT2D eigenvalue weighted by Crippen LogP contribution is 2.44. The van der Waals surface area contributed by atoms with Gasteiger partial charge in [0.2, 0.25) is 0 Å². The van der Waals surface area contributed by atoms with E-state index in [2.05, 4.69) is 17.5 Å². The van der Waals surface area contributed by atoms with Crippen LogP contribution in [0.2, 0.25) is 0 Å². The van der Waals surface area contributed by atoms with Crippen molar-refractivity contribution in [3.8, 4) is 0 Å². The first-order valence-corrected chi connectivity index (χ1v) is 4.15. The molecule has 4 unspecified atom stereocenters. The Morgan fingerprint density at radius 3 is 3.36 bits per heavy atom. The summed E-state index contributed by atoms with van der Waals surface area (Å²) < 4.78 is 5.80. The fraction of sp³-hybridized carbons (Fsp3) is 0.750. The predicted molar refractivity (Wildman–Crippen MR) is 41.1 cm³/mol. The molecule has 0 radical (unpaired) electrons. The van der Waals surface area contributed by atoms with Crippen molar-refractivity contribution >= 4 is 0 Å². The first kappa shape index (κ1) is 6.17. The summed E-state index contributed by atoms with van der Waals surface area (Å²) in [5.41, 5.74) is 5.96. The van der Waals surface area contributed by atoms with E-state index in [0.29, 0.717) is 5.92 Å². The maximum absolute atomic E-state index is 5.98. The summed E-state index contributed by atoms with van der Waals surface area (Å²) in [5.74, 6) is 0.512. The Balaban J connectivity index is 2.07. The van der Waals surface area contributed by atoms with E-state index >= 15 is 0 Å². The average Bonchev–Trinajstić information content (AvgIpc) is 2.61. The average molecular weight is 152 g/mol. The van der Waals surface area contributed by atoms with E-state index in [0.717, 1.165) is 13.1 Å². The maximum atomic E-state index is 5.98.